The van der Waals surface area contributed by atoms with Gasteiger partial charge in [0.25, 0.3) is 0 Å². The molecule has 5 nitrogen and oxygen atoms in total. The average molecular weight is 311 g/mol. The molecule has 0 unspecified atom stereocenters. The molecule has 1 fully saturated rings. The van der Waals surface area contributed by atoms with E-state index in [9.17, 15) is 10.1 Å². The molecule has 5 heteroatoms. The molecule has 0 saturated carbocycles. The number of hydrogen-bond donors (Lipinski definition) is 1. The minimum absolute atomic E-state index is 0.0938. The van der Waals surface area contributed by atoms with Gasteiger partial charge in [-0.2, -0.15) is 5.26 Å². The van der Waals surface area contributed by atoms with E-state index >= 15 is 0 Å². The van der Waals surface area contributed by atoms with Crippen molar-refractivity contribution < 1.29 is 9.53 Å². The maximum absolute atomic E-state index is 12.9. The zero-order valence-electron chi connectivity index (χ0n) is 13.3. The molecule has 0 bridgehead atoms. The molecule has 1 saturated heterocycles. The van der Waals surface area contributed by atoms with Crippen LogP contribution in [0.4, 0.5) is 0 Å². The van der Waals surface area contributed by atoms with Gasteiger partial charge in [-0.15, -0.1) is 0 Å². The van der Waals surface area contributed by atoms with E-state index in [-0.39, 0.29) is 11.7 Å². The van der Waals surface area contributed by atoms with Gasteiger partial charge in [-0.3, -0.25) is 4.79 Å². The lowest BCUT2D eigenvalue weighted by atomic mass is 9.68. The number of Topliss-reactive ketones (excluding diaryl/α,β-unsaturated/α-hetero) is 1. The van der Waals surface area contributed by atoms with Gasteiger partial charge in [-0.05, 0) is 32.5 Å². The molecule has 0 aliphatic carbocycles. The van der Waals surface area contributed by atoms with E-state index < -0.39 is 11.5 Å². The standard InChI is InChI=1S/C18H21N3O2/c1-2-21-10-8-18(9-11-21)14(12-19)17(20)23-16(18)15(22)13-6-4-3-5-7-13/h3-7,16H,2,8-11,20H2,1H3/t16-/m1/s1. The highest BCUT2D eigenvalue weighted by Gasteiger charge is 2.55. The number of nitrogens with zero attached hydrogens (tertiary/aromatic N) is 2. The highest BCUT2D eigenvalue weighted by atomic mass is 16.5. The number of carbonyl (C=O) groups excluding carboxylic acids is 1. The summed E-state index contributed by atoms with van der Waals surface area (Å²) >= 11 is 0. The third kappa shape index (κ3) is 2.49. The number of ketones is 1. The predicted octanol–water partition coefficient (Wildman–Crippen LogP) is 2.06. The number of likely N-dealkylation sites (tertiary alicyclic amines) is 1. The molecule has 2 aliphatic heterocycles. The van der Waals surface area contributed by atoms with Gasteiger partial charge >= 0.3 is 0 Å². The first-order valence-corrected chi connectivity index (χ1v) is 8.01. The van der Waals surface area contributed by atoms with Crippen LogP contribution in [0, 0.1) is 16.7 Å². The van der Waals surface area contributed by atoms with E-state index in [1.165, 1.54) is 0 Å². The van der Waals surface area contributed by atoms with Gasteiger partial charge in [0.15, 0.2) is 12.0 Å². The van der Waals surface area contributed by atoms with E-state index in [0.29, 0.717) is 24.0 Å². The van der Waals surface area contributed by atoms with Crippen molar-refractivity contribution in [3.8, 4) is 6.07 Å². The van der Waals surface area contributed by atoms with Crippen LogP contribution in [-0.2, 0) is 4.74 Å². The molecular weight excluding hydrogens is 290 g/mol. The van der Waals surface area contributed by atoms with E-state index in [1.54, 1.807) is 12.1 Å². The third-order valence-electron chi connectivity index (χ3n) is 5.09. The molecule has 0 aromatic heterocycles. The van der Waals surface area contributed by atoms with E-state index in [4.69, 9.17) is 10.5 Å². The maximum Gasteiger partial charge on any atom is 0.204 e. The van der Waals surface area contributed by atoms with E-state index in [2.05, 4.69) is 17.9 Å². The van der Waals surface area contributed by atoms with Crippen LogP contribution in [-0.4, -0.2) is 36.4 Å². The molecule has 2 heterocycles. The van der Waals surface area contributed by atoms with Crippen LogP contribution in [0.5, 0.6) is 0 Å². The van der Waals surface area contributed by atoms with E-state index in [1.807, 2.05) is 18.2 Å². The molecule has 1 atom stereocenters. The van der Waals surface area contributed by atoms with Gasteiger partial charge in [-0.25, -0.2) is 0 Å². The summed E-state index contributed by atoms with van der Waals surface area (Å²) in [5.74, 6) is 0.0236. The number of rotatable bonds is 3. The molecule has 120 valence electrons. The summed E-state index contributed by atoms with van der Waals surface area (Å²) in [5.41, 5.74) is 6.40. The number of ether oxygens (including phenoxy) is 1. The Morgan fingerprint density at radius 1 is 1.39 bits per heavy atom. The Morgan fingerprint density at radius 3 is 2.61 bits per heavy atom. The molecule has 3 rings (SSSR count). The Hall–Kier alpha value is -2.32. The minimum atomic E-state index is -0.696. The number of piperidine rings is 1. The van der Waals surface area contributed by atoms with Crippen LogP contribution >= 0.6 is 0 Å². The number of nitrogens with two attached hydrogens (primary N) is 1. The molecule has 23 heavy (non-hydrogen) atoms. The lowest BCUT2D eigenvalue weighted by Gasteiger charge is -2.40. The monoisotopic (exact) mass is 311 g/mol. The van der Waals surface area contributed by atoms with E-state index in [0.717, 1.165) is 19.6 Å². The summed E-state index contributed by atoms with van der Waals surface area (Å²) in [4.78, 5) is 15.3. The van der Waals surface area contributed by atoms with Crippen LogP contribution in [0.1, 0.15) is 30.1 Å². The Bertz CT molecular complexity index is 667. The smallest absolute Gasteiger partial charge is 0.204 e. The summed E-state index contributed by atoms with van der Waals surface area (Å²) in [6.07, 6.45) is 0.736. The molecule has 2 aliphatic rings. The summed E-state index contributed by atoms with van der Waals surface area (Å²) < 4.78 is 5.71. The Morgan fingerprint density at radius 2 is 2.04 bits per heavy atom. The second-order valence-corrected chi connectivity index (χ2v) is 6.17. The van der Waals surface area contributed by atoms with Crippen molar-refractivity contribution in [2.75, 3.05) is 19.6 Å². The molecule has 1 aromatic carbocycles. The summed E-state index contributed by atoms with van der Waals surface area (Å²) in [6.45, 7) is 4.77. The highest BCUT2D eigenvalue weighted by molar-refractivity contribution is 6.00. The number of benzene rings is 1. The molecule has 1 spiro atoms. The van der Waals surface area contributed by atoms with Crippen molar-refractivity contribution in [3.05, 3.63) is 47.4 Å². The molecule has 0 amide bonds. The summed E-state index contributed by atoms with van der Waals surface area (Å²) in [5, 5.41) is 9.55. The van der Waals surface area contributed by atoms with Crippen LogP contribution < -0.4 is 5.73 Å². The molecule has 0 radical (unpaired) electrons. The number of hydrogen-bond acceptors (Lipinski definition) is 5. The van der Waals surface area contributed by atoms with Gasteiger partial charge in [-0.1, -0.05) is 37.3 Å². The Balaban J connectivity index is 1.95. The topological polar surface area (TPSA) is 79.3 Å². The third-order valence-corrected chi connectivity index (χ3v) is 5.09. The van der Waals surface area contributed by atoms with Crippen molar-refractivity contribution in [3.63, 3.8) is 0 Å². The molecular formula is C18H21N3O2. The number of nitriles is 1. The minimum Gasteiger partial charge on any atom is -0.466 e. The lowest BCUT2D eigenvalue weighted by molar-refractivity contribution is 0.0184. The van der Waals surface area contributed by atoms with Crippen molar-refractivity contribution in [2.24, 2.45) is 11.1 Å². The van der Waals surface area contributed by atoms with Crippen molar-refractivity contribution in [2.45, 2.75) is 25.9 Å². The molecule has 1 aromatic rings. The van der Waals surface area contributed by atoms with Crippen LogP contribution in [0.25, 0.3) is 0 Å². The predicted molar refractivity (Wildman–Crippen MR) is 86.3 cm³/mol. The SMILES string of the molecule is CCN1CCC2(CC1)C(C#N)=C(N)O[C@@H]2C(=O)c1ccccc1. The average Bonchev–Trinajstić information content (AvgIpc) is 2.87. The van der Waals surface area contributed by atoms with Gasteiger partial charge in [0.05, 0.1) is 11.0 Å². The highest BCUT2D eigenvalue weighted by Crippen LogP contribution is 2.49. The quantitative estimate of drug-likeness (QED) is 0.864. The van der Waals surface area contributed by atoms with Gasteiger partial charge in [0, 0.05) is 5.56 Å². The first-order chi connectivity index (χ1) is 11.1. The van der Waals surface area contributed by atoms with Crippen molar-refractivity contribution in [1.82, 2.24) is 4.90 Å². The second kappa shape index (κ2) is 6.05. The van der Waals surface area contributed by atoms with Crippen molar-refractivity contribution >= 4 is 5.78 Å². The van der Waals surface area contributed by atoms with Gasteiger partial charge in [0.1, 0.15) is 6.07 Å². The second-order valence-electron chi connectivity index (χ2n) is 6.17. The Kier molecular flexibility index (Phi) is 4.10. The van der Waals surface area contributed by atoms with Crippen LogP contribution in [0.3, 0.4) is 0 Å². The maximum atomic E-state index is 12.9. The zero-order chi connectivity index (χ0) is 16.4. The normalized spacial score (nSPS) is 23.6. The lowest BCUT2D eigenvalue weighted by Crippen LogP contribution is -2.48. The first kappa shape index (κ1) is 15.6. The fraction of sp³-hybridized carbons (Fsp3) is 0.444. The van der Waals surface area contributed by atoms with Gasteiger partial charge in [0.2, 0.25) is 5.78 Å². The largest absolute Gasteiger partial charge is 0.466 e. The fourth-order valence-corrected chi connectivity index (χ4v) is 3.68. The number of carbonyl (C=O) groups is 1. The summed E-state index contributed by atoms with van der Waals surface area (Å²) in [7, 11) is 0. The Labute approximate surface area is 136 Å². The zero-order valence-corrected chi connectivity index (χ0v) is 13.3. The van der Waals surface area contributed by atoms with Gasteiger partial charge < -0.3 is 15.4 Å². The summed E-state index contributed by atoms with van der Waals surface area (Å²) in [6, 6.07) is 11.3. The van der Waals surface area contributed by atoms with Crippen LogP contribution in [0.15, 0.2) is 41.8 Å². The first-order valence-electron chi connectivity index (χ1n) is 8.01. The van der Waals surface area contributed by atoms with Crippen molar-refractivity contribution in [1.29, 1.82) is 5.26 Å². The fourth-order valence-electron chi connectivity index (χ4n) is 3.68. The molecule has 2 N–H and O–H groups in total. The van der Waals surface area contributed by atoms with Crippen LogP contribution in [0.2, 0.25) is 0 Å².